The van der Waals surface area contributed by atoms with Crippen molar-refractivity contribution >= 4 is 11.9 Å². The first kappa shape index (κ1) is 20.7. The Bertz CT molecular complexity index is 431. The maximum Gasteiger partial charge on any atom is 0.308 e. The number of carbonyl (C=O) groups excluding carboxylic acids is 2. The average molecular weight is 338 g/mol. The predicted octanol–water partition coefficient (Wildman–Crippen LogP) is 4.54. The minimum Gasteiger partial charge on any atom is -0.462 e. The summed E-state index contributed by atoms with van der Waals surface area (Å²) in [6.45, 7) is 11.0. The zero-order valence-electron chi connectivity index (χ0n) is 16.1. The minimum absolute atomic E-state index is 0.000230. The lowest BCUT2D eigenvalue weighted by molar-refractivity contribution is -0.155. The third-order valence-corrected chi connectivity index (χ3v) is 4.81. The van der Waals surface area contributed by atoms with Gasteiger partial charge in [-0.1, -0.05) is 40.7 Å². The molecule has 4 nitrogen and oxygen atoms in total. The lowest BCUT2D eigenvalue weighted by Crippen LogP contribution is -2.30. The van der Waals surface area contributed by atoms with Crippen LogP contribution < -0.4 is 0 Å². The summed E-state index contributed by atoms with van der Waals surface area (Å²) in [6, 6.07) is 0. The Balaban J connectivity index is 2.39. The first-order chi connectivity index (χ1) is 11.3. The highest BCUT2D eigenvalue weighted by atomic mass is 16.5. The van der Waals surface area contributed by atoms with Gasteiger partial charge in [0, 0.05) is 19.2 Å². The number of likely N-dealkylation sites (tertiary alicyclic amines) is 1. The fourth-order valence-electron chi connectivity index (χ4n) is 2.93. The Morgan fingerprint density at radius 2 is 1.92 bits per heavy atom. The van der Waals surface area contributed by atoms with Gasteiger partial charge in [-0.05, 0) is 43.9 Å². The lowest BCUT2D eigenvalue weighted by Gasteiger charge is -2.25. The summed E-state index contributed by atoms with van der Waals surface area (Å²) in [5, 5.41) is 0. The van der Waals surface area contributed by atoms with Crippen molar-refractivity contribution in [1.82, 2.24) is 4.90 Å². The maximum atomic E-state index is 11.8. The van der Waals surface area contributed by atoms with E-state index in [9.17, 15) is 9.59 Å². The van der Waals surface area contributed by atoms with Crippen LogP contribution in [0.1, 0.15) is 73.1 Å². The topological polar surface area (TPSA) is 46.6 Å². The molecule has 1 rings (SSSR count). The minimum atomic E-state index is -0.106. The first-order valence-corrected chi connectivity index (χ1v) is 9.53. The number of piperidine rings is 1. The molecule has 0 radical (unpaired) electrons. The smallest absolute Gasteiger partial charge is 0.308 e. The van der Waals surface area contributed by atoms with Gasteiger partial charge in [-0.15, -0.1) is 0 Å². The molecule has 0 spiro atoms. The SMILES string of the molecule is CCC(OC(=O)C(C)C)C(C)CCC(C)/C=C/N1CCCCC1=O. The largest absolute Gasteiger partial charge is 0.462 e. The molecule has 0 bridgehead atoms. The molecule has 1 amide bonds. The summed E-state index contributed by atoms with van der Waals surface area (Å²) in [7, 11) is 0. The van der Waals surface area contributed by atoms with Crippen molar-refractivity contribution in [1.29, 1.82) is 0 Å². The fourth-order valence-corrected chi connectivity index (χ4v) is 2.93. The van der Waals surface area contributed by atoms with E-state index in [-0.39, 0.29) is 23.9 Å². The molecule has 1 heterocycles. The highest BCUT2D eigenvalue weighted by Crippen LogP contribution is 2.22. The number of carbonyl (C=O) groups is 2. The zero-order chi connectivity index (χ0) is 18.1. The number of hydrogen-bond acceptors (Lipinski definition) is 3. The lowest BCUT2D eigenvalue weighted by atomic mass is 9.92. The van der Waals surface area contributed by atoms with Crippen molar-refractivity contribution in [2.45, 2.75) is 79.2 Å². The van der Waals surface area contributed by atoms with Crippen molar-refractivity contribution in [2.75, 3.05) is 6.54 Å². The molecule has 0 N–H and O–H groups in total. The van der Waals surface area contributed by atoms with E-state index in [1.807, 2.05) is 24.9 Å². The van der Waals surface area contributed by atoms with E-state index in [0.29, 0.717) is 18.3 Å². The number of rotatable bonds is 9. The normalized spacial score (nSPS) is 19.6. The van der Waals surface area contributed by atoms with Crippen LogP contribution >= 0.6 is 0 Å². The second-order valence-electron chi connectivity index (χ2n) is 7.46. The van der Waals surface area contributed by atoms with Crippen LogP contribution in [-0.4, -0.2) is 29.4 Å². The van der Waals surface area contributed by atoms with Crippen molar-refractivity contribution in [3.63, 3.8) is 0 Å². The van der Waals surface area contributed by atoms with Crippen LogP contribution in [0.15, 0.2) is 12.3 Å². The average Bonchev–Trinajstić information content (AvgIpc) is 2.56. The van der Waals surface area contributed by atoms with Crippen LogP contribution in [0.5, 0.6) is 0 Å². The number of esters is 1. The van der Waals surface area contributed by atoms with E-state index < -0.39 is 0 Å². The van der Waals surface area contributed by atoms with Gasteiger partial charge < -0.3 is 9.64 Å². The van der Waals surface area contributed by atoms with Gasteiger partial charge in [0.1, 0.15) is 6.10 Å². The number of ether oxygens (including phenoxy) is 1. The highest BCUT2D eigenvalue weighted by Gasteiger charge is 2.22. The molecule has 0 aromatic carbocycles. The van der Waals surface area contributed by atoms with Gasteiger partial charge in [0.05, 0.1) is 5.92 Å². The maximum absolute atomic E-state index is 11.8. The standard InChI is InChI=1S/C20H35NO3/c1-6-18(24-20(23)15(2)3)17(5)11-10-16(4)12-14-21-13-8-7-9-19(21)22/h12,14-18H,6-11,13H2,1-5H3/b14-12+. The molecule has 24 heavy (non-hydrogen) atoms. The van der Waals surface area contributed by atoms with E-state index in [1.165, 1.54) is 0 Å². The molecule has 1 aliphatic rings. The van der Waals surface area contributed by atoms with Gasteiger partial charge in [-0.3, -0.25) is 9.59 Å². The van der Waals surface area contributed by atoms with Crippen LogP contribution in [0.3, 0.4) is 0 Å². The molecule has 138 valence electrons. The van der Waals surface area contributed by atoms with Crippen LogP contribution in [0.25, 0.3) is 0 Å². The fraction of sp³-hybridized carbons (Fsp3) is 0.800. The Morgan fingerprint density at radius 3 is 2.50 bits per heavy atom. The van der Waals surface area contributed by atoms with Crippen molar-refractivity contribution < 1.29 is 14.3 Å². The van der Waals surface area contributed by atoms with Gasteiger partial charge in [0.15, 0.2) is 0 Å². The molecular formula is C20H35NO3. The summed E-state index contributed by atoms with van der Waals surface area (Å²) in [4.78, 5) is 25.4. The highest BCUT2D eigenvalue weighted by molar-refractivity contribution is 5.77. The summed E-state index contributed by atoms with van der Waals surface area (Å²) >= 11 is 0. The third-order valence-electron chi connectivity index (χ3n) is 4.81. The van der Waals surface area contributed by atoms with E-state index in [4.69, 9.17) is 4.74 Å². The molecule has 4 heteroatoms. The van der Waals surface area contributed by atoms with Crippen LogP contribution in [-0.2, 0) is 14.3 Å². The second-order valence-corrected chi connectivity index (χ2v) is 7.46. The predicted molar refractivity (Wildman–Crippen MR) is 97.3 cm³/mol. The van der Waals surface area contributed by atoms with Crippen LogP contribution in [0.2, 0.25) is 0 Å². The molecule has 1 fully saturated rings. The molecule has 0 aromatic heterocycles. The van der Waals surface area contributed by atoms with Crippen LogP contribution in [0, 0.1) is 17.8 Å². The molecular weight excluding hydrogens is 302 g/mol. The Labute approximate surface area is 147 Å². The van der Waals surface area contributed by atoms with E-state index in [2.05, 4.69) is 26.8 Å². The Hall–Kier alpha value is -1.32. The van der Waals surface area contributed by atoms with E-state index in [1.54, 1.807) is 0 Å². The third kappa shape index (κ3) is 7.06. The number of allylic oxidation sites excluding steroid dienone is 1. The zero-order valence-corrected chi connectivity index (χ0v) is 16.1. The monoisotopic (exact) mass is 337 g/mol. The number of amides is 1. The summed E-state index contributed by atoms with van der Waals surface area (Å²) < 4.78 is 5.61. The van der Waals surface area contributed by atoms with Gasteiger partial charge in [-0.2, -0.15) is 0 Å². The van der Waals surface area contributed by atoms with Crippen molar-refractivity contribution in [3.8, 4) is 0 Å². The Kier molecular flexibility index (Phi) is 9.09. The molecule has 1 saturated heterocycles. The second kappa shape index (κ2) is 10.5. The quantitative estimate of drug-likeness (QED) is 0.580. The van der Waals surface area contributed by atoms with Gasteiger partial charge >= 0.3 is 5.97 Å². The van der Waals surface area contributed by atoms with Gasteiger partial charge in [-0.25, -0.2) is 0 Å². The Morgan fingerprint density at radius 1 is 1.21 bits per heavy atom. The summed E-state index contributed by atoms with van der Waals surface area (Å²) in [5.74, 6) is 0.829. The molecule has 0 aliphatic carbocycles. The summed E-state index contributed by atoms with van der Waals surface area (Å²) in [5.41, 5.74) is 0. The molecule has 3 atom stereocenters. The van der Waals surface area contributed by atoms with Gasteiger partial charge in [0.2, 0.25) is 5.91 Å². The molecule has 1 aliphatic heterocycles. The van der Waals surface area contributed by atoms with E-state index >= 15 is 0 Å². The van der Waals surface area contributed by atoms with Gasteiger partial charge in [0.25, 0.3) is 0 Å². The summed E-state index contributed by atoms with van der Waals surface area (Å²) in [6.07, 6.45) is 9.80. The first-order valence-electron chi connectivity index (χ1n) is 9.53. The number of nitrogens with zero attached hydrogens (tertiary/aromatic N) is 1. The van der Waals surface area contributed by atoms with Crippen molar-refractivity contribution in [2.24, 2.45) is 17.8 Å². The molecule has 0 saturated carbocycles. The van der Waals surface area contributed by atoms with Crippen LogP contribution in [0.4, 0.5) is 0 Å². The van der Waals surface area contributed by atoms with E-state index in [0.717, 1.165) is 38.6 Å². The number of hydrogen-bond donors (Lipinski definition) is 0. The molecule has 0 aromatic rings. The van der Waals surface area contributed by atoms with Crippen molar-refractivity contribution in [3.05, 3.63) is 12.3 Å². The molecule has 3 unspecified atom stereocenters.